The summed E-state index contributed by atoms with van der Waals surface area (Å²) in [5.74, 6) is 0.216. The lowest BCUT2D eigenvalue weighted by Gasteiger charge is -2.42. The quantitative estimate of drug-likeness (QED) is 0.323. The van der Waals surface area contributed by atoms with Gasteiger partial charge in [0.25, 0.3) is 15.9 Å². The first-order chi connectivity index (χ1) is 19.9. The van der Waals surface area contributed by atoms with Crippen molar-refractivity contribution in [2.75, 3.05) is 24.5 Å². The van der Waals surface area contributed by atoms with Crippen LogP contribution in [0.25, 0.3) is 0 Å². The number of hydrogen-bond acceptors (Lipinski definition) is 7. The maximum absolute atomic E-state index is 13.5. The van der Waals surface area contributed by atoms with Gasteiger partial charge in [-0.05, 0) is 99.2 Å². The summed E-state index contributed by atoms with van der Waals surface area (Å²) in [4.78, 5) is 15.1. The molecule has 0 aromatic heterocycles. The van der Waals surface area contributed by atoms with Gasteiger partial charge in [0.05, 0.1) is 22.2 Å². The van der Waals surface area contributed by atoms with Crippen molar-refractivity contribution in [1.82, 2.24) is 10.0 Å². The number of halogens is 1. The Morgan fingerprint density at radius 2 is 1.98 bits per heavy atom. The normalized spacial score (nSPS) is 20.0. The lowest BCUT2D eigenvalue weighted by molar-refractivity contribution is -0.124. The van der Waals surface area contributed by atoms with Crippen LogP contribution < -0.4 is 19.7 Å². The predicted octanol–water partition coefficient (Wildman–Crippen LogP) is 4.99. The summed E-state index contributed by atoms with van der Waals surface area (Å²) >= 11 is 6.29. The molecule has 2 aromatic carbocycles. The van der Waals surface area contributed by atoms with E-state index in [4.69, 9.17) is 16.3 Å². The number of hydrogen-bond donors (Lipinski definition) is 3. The fourth-order valence-electron chi connectivity index (χ4n) is 5.53. The summed E-state index contributed by atoms with van der Waals surface area (Å²) in [6.07, 6.45) is 7.13. The van der Waals surface area contributed by atoms with Gasteiger partial charge in [0, 0.05) is 24.7 Å². The van der Waals surface area contributed by atoms with E-state index in [1.165, 1.54) is 6.07 Å². The highest BCUT2D eigenvalue weighted by Crippen LogP contribution is 2.41. The van der Waals surface area contributed by atoms with E-state index in [-0.39, 0.29) is 16.7 Å². The van der Waals surface area contributed by atoms with Gasteiger partial charge in [0.1, 0.15) is 12.4 Å². The van der Waals surface area contributed by atoms with Gasteiger partial charge in [-0.15, -0.1) is 13.2 Å². The minimum Gasteiger partial charge on any atom is -0.487 e. The molecule has 0 bridgehead atoms. The Kier molecular flexibility index (Phi) is 10.4. The molecule has 2 aliphatic rings. The Balaban J connectivity index is 1.68. The Hall–Kier alpha value is -2.85. The summed E-state index contributed by atoms with van der Waals surface area (Å²) in [6, 6.07) is 10.5. The van der Waals surface area contributed by atoms with Gasteiger partial charge in [0.2, 0.25) is 0 Å². The average molecular weight is 616 g/mol. The molecule has 3 N–H and O–H groups in total. The van der Waals surface area contributed by atoms with Crippen LogP contribution in [0.3, 0.4) is 0 Å². The van der Waals surface area contributed by atoms with E-state index in [9.17, 15) is 18.3 Å². The highest BCUT2D eigenvalue weighted by Gasteiger charge is 2.37. The second kappa shape index (κ2) is 13.6. The van der Waals surface area contributed by atoms with Gasteiger partial charge in [0.15, 0.2) is 0 Å². The molecule has 0 spiro atoms. The molecule has 2 aromatic rings. The Labute approximate surface area is 254 Å². The number of ether oxygens (including phenoxy) is 1. The van der Waals surface area contributed by atoms with Crippen molar-refractivity contribution in [3.8, 4) is 5.75 Å². The highest BCUT2D eigenvalue weighted by molar-refractivity contribution is 7.90. The standard InChI is InChI=1S/C32H42ClN3O5S/c1-5-16-34-32(3,4)31(38)35-42(39,40)26-13-15-30-28(19-26)36(20-23-11-14-27(23)29(37)6-2)17-8-7-9-22-18-25(33)12-10-24(22)21-41-30/h5-6,10,12-13,15,18-19,23,27,29,34,37H,1-2,7-9,11,14,16-17,20-21H2,3-4H3,(H,35,38)/t23-,27+,29-/m0/s1. The van der Waals surface area contributed by atoms with Crippen LogP contribution in [0.5, 0.6) is 5.75 Å². The molecule has 1 aliphatic carbocycles. The van der Waals surface area contributed by atoms with Crippen LogP contribution in [0.15, 0.2) is 66.6 Å². The number of carbonyl (C=O) groups is 1. The number of rotatable bonds is 10. The van der Waals surface area contributed by atoms with Gasteiger partial charge < -0.3 is 20.1 Å². The fraction of sp³-hybridized carbons (Fsp3) is 0.469. The van der Waals surface area contributed by atoms with Gasteiger partial charge in [-0.25, -0.2) is 13.1 Å². The molecule has 1 aliphatic heterocycles. The summed E-state index contributed by atoms with van der Waals surface area (Å²) in [5.41, 5.74) is 1.69. The third kappa shape index (κ3) is 7.56. The zero-order valence-electron chi connectivity index (χ0n) is 24.4. The molecular weight excluding hydrogens is 574 g/mol. The summed E-state index contributed by atoms with van der Waals surface area (Å²) < 4.78 is 35.5. The molecule has 1 saturated carbocycles. The second-order valence-corrected chi connectivity index (χ2v) is 13.8. The molecule has 42 heavy (non-hydrogen) atoms. The zero-order valence-corrected chi connectivity index (χ0v) is 26.0. The molecule has 3 atom stereocenters. The summed E-state index contributed by atoms with van der Waals surface area (Å²) in [5, 5.41) is 14.1. The van der Waals surface area contributed by atoms with Gasteiger partial charge in [-0.2, -0.15) is 0 Å². The lowest BCUT2D eigenvalue weighted by atomic mass is 9.70. The molecular formula is C32H42ClN3O5S. The molecule has 0 radical (unpaired) electrons. The molecule has 10 heteroatoms. The van der Waals surface area contributed by atoms with Crippen molar-refractivity contribution in [3.63, 3.8) is 0 Å². The first kappa shape index (κ1) is 32.1. The van der Waals surface area contributed by atoms with Crippen molar-refractivity contribution >= 4 is 33.2 Å². The number of anilines is 1. The largest absolute Gasteiger partial charge is 0.487 e. The monoisotopic (exact) mass is 615 g/mol. The SMILES string of the molecule is C=CCNC(C)(C)C(=O)NS(=O)(=O)c1ccc2c(c1)N(C[C@@H]1CC[C@H]1[C@@H](O)C=C)CCCCc1cc(Cl)ccc1CO2. The fourth-order valence-corrected chi connectivity index (χ4v) is 6.86. The molecule has 8 nitrogen and oxygen atoms in total. The number of carbonyl (C=O) groups excluding carboxylic acids is 1. The van der Waals surface area contributed by atoms with E-state index in [1.54, 1.807) is 38.1 Å². The van der Waals surface area contributed by atoms with Gasteiger partial charge in [-0.3, -0.25) is 4.79 Å². The van der Waals surface area contributed by atoms with Crippen LogP contribution in [0, 0.1) is 11.8 Å². The van der Waals surface area contributed by atoms with Crippen LogP contribution in [-0.2, 0) is 27.8 Å². The smallest absolute Gasteiger partial charge is 0.264 e. The molecule has 0 unspecified atom stereocenters. The average Bonchev–Trinajstić information content (AvgIpc) is 2.97. The van der Waals surface area contributed by atoms with E-state index in [0.29, 0.717) is 42.7 Å². The van der Waals surface area contributed by atoms with E-state index in [0.717, 1.165) is 43.2 Å². The maximum Gasteiger partial charge on any atom is 0.264 e. The Morgan fingerprint density at radius 1 is 1.19 bits per heavy atom. The Bertz CT molecular complexity index is 1410. The van der Waals surface area contributed by atoms with Crippen molar-refractivity contribution in [2.45, 2.75) is 69.1 Å². The van der Waals surface area contributed by atoms with E-state index >= 15 is 0 Å². The minimum atomic E-state index is -4.19. The number of nitrogens with one attached hydrogen (secondary N) is 2. The van der Waals surface area contributed by atoms with Crippen molar-refractivity contribution < 1.29 is 23.1 Å². The van der Waals surface area contributed by atoms with Gasteiger partial charge in [-0.1, -0.05) is 29.8 Å². The number of aliphatic hydroxyl groups is 1. The number of aliphatic hydroxyl groups excluding tert-OH is 1. The molecule has 0 saturated heterocycles. The summed E-state index contributed by atoms with van der Waals surface area (Å²) in [7, 11) is -4.19. The van der Waals surface area contributed by atoms with Crippen LogP contribution in [-0.4, -0.2) is 50.7 Å². The van der Waals surface area contributed by atoms with Crippen LogP contribution >= 0.6 is 11.6 Å². The topological polar surface area (TPSA) is 108 Å². The van der Waals surface area contributed by atoms with Crippen molar-refractivity contribution in [2.24, 2.45) is 11.8 Å². The summed E-state index contributed by atoms with van der Waals surface area (Å²) in [6.45, 7) is 12.6. The predicted molar refractivity (Wildman–Crippen MR) is 167 cm³/mol. The van der Waals surface area contributed by atoms with Crippen LogP contribution in [0.4, 0.5) is 5.69 Å². The minimum absolute atomic E-state index is 0.0268. The first-order valence-corrected chi connectivity index (χ1v) is 16.3. The Morgan fingerprint density at radius 3 is 2.67 bits per heavy atom. The molecule has 228 valence electrons. The third-order valence-corrected chi connectivity index (χ3v) is 9.92. The van der Waals surface area contributed by atoms with E-state index in [1.807, 2.05) is 18.2 Å². The highest BCUT2D eigenvalue weighted by atomic mass is 35.5. The second-order valence-electron chi connectivity index (χ2n) is 11.7. The van der Waals surface area contributed by atoms with Crippen molar-refractivity contribution in [3.05, 3.63) is 77.9 Å². The number of amides is 1. The van der Waals surface area contributed by atoms with Crippen LogP contribution in [0.1, 0.15) is 50.7 Å². The van der Waals surface area contributed by atoms with Crippen molar-refractivity contribution in [1.29, 1.82) is 0 Å². The first-order valence-electron chi connectivity index (χ1n) is 14.5. The third-order valence-electron chi connectivity index (χ3n) is 8.35. The molecule has 1 amide bonds. The molecule has 4 rings (SSSR count). The number of aryl methyl sites for hydroxylation is 1. The lowest BCUT2D eigenvalue weighted by Crippen LogP contribution is -2.53. The zero-order chi connectivity index (χ0) is 30.5. The molecule has 1 heterocycles. The maximum atomic E-state index is 13.5. The van der Waals surface area contributed by atoms with E-state index < -0.39 is 27.6 Å². The molecule has 1 fully saturated rings. The van der Waals surface area contributed by atoms with E-state index in [2.05, 4.69) is 28.1 Å². The number of sulfonamides is 1. The van der Waals surface area contributed by atoms with Gasteiger partial charge >= 0.3 is 0 Å². The number of fused-ring (bicyclic) bond motifs is 2. The van der Waals surface area contributed by atoms with Crippen LogP contribution in [0.2, 0.25) is 5.02 Å². The number of nitrogens with zero attached hydrogens (tertiary/aromatic N) is 1. The number of benzene rings is 2.